The Hall–Kier alpha value is -1.53. The second-order valence-electron chi connectivity index (χ2n) is 5.68. The van der Waals surface area contributed by atoms with Gasteiger partial charge in [0.15, 0.2) is 0 Å². The van der Waals surface area contributed by atoms with E-state index < -0.39 is 10.7 Å². The summed E-state index contributed by atoms with van der Waals surface area (Å²) in [5.74, 6) is -0.577. The summed E-state index contributed by atoms with van der Waals surface area (Å²) in [6.45, 7) is 10.6. The van der Waals surface area contributed by atoms with Crippen LogP contribution in [-0.2, 0) is 6.54 Å². The van der Waals surface area contributed by atoms with E-state index in [4.69, 9.17) is 0 Å². The molecule has 0 amide bonds. The Kier molecular flexibility index (Phi) is 6.71. The minimum atomic E-state index is -0.578. The van der Waals surface area contributed by atoms with Gasteiger partial charge in [0.25, 0.3) is 5.69 Å². The molecule has 0 radical (unpaired) electrons. The van der Waals surface area contributed by atoms with Crippen LogP contribution in [0.2, 0.25) is 0 Å². The van der Waals surface area contributed by atoms with Crippen LogP contribution in [-0.4, -0.2) is 35.0 Å². The van der Waals surface area contributed by atoms with Crippen molar-refractivity contribution >= 4 is 5.69 Å². The lowest BCUT2D eigenvalue weighted by atomic mass is 10.2. The smallest absolute Gasteiger partial charge is 0.272 e. The first kappa shape index (κ1) is 17.5. The lowest BCUT2D eigenvalue weighted by Gasteiger charge is -2.30. The summed E-state index contributed by atoms with van der Waals surface area (Å²) in [5.41, 5.74) is 0.375. The number of nitro benzene ring substituents is 1. The Morgan fingerprint density at radius 2 is 1.86 bits per heavy atom. The van der Waals surface area contributed by atoms with Crippen LogP contribution < -0.4 is 5.32 Å². The third-order valence-electron chi connectivity index (χ3n) is 3.36. The molecule has 0 saturated heterocycles. The van der Waals surface area contributed by atoms with Crippen molar-refractivity contribution in [3.8, 4) is 0 Å². The summed E-state index contributed by atoms with van der Waals surface area (Å²) >= 11 is 0. The molecule has 118 valence electrons. The van der Waals surface area contributed by atoms with E-state index in [1.807, 2.05) is 0 Å². The van der Waals surface area contributed by atoms with Crippen molar-refractivity contribution in [3.05, 3.63) is 39.7 Å². The molecule has 0 aliphatic carbocycles. The fourth-order valence-electron chi connectivity index (χ4n) is 2.39. The minimum absolute atomic E-state index is 0.210. The van der Waals surface area contributed by atoms with Crippen LogP contribution in [0.1, 0.15) is 33.3 Å². The topological polar surface area (TPSA) is 58.4 Å². The van der Waals surface area contributed by atoms with E-state index in [1.165, 1.54) is 12.1 Å². The summed E-state index contributed by atoms with van der Waals surface area (Å²) in [7, 11) is 0. The molecule has 0 aliphatic rings. The molecule has 1 aromatic carbocycles. The second-order valence-corrected chi connectivity index (χ2v) is 5.68. The molecular weight excluding hydrogens is 273 g/mol. The molecule has 0 aromatic heterocycles. The number of nitrogens with zero attached hydrogens (tertiary/aromatic N) is 2. The number of hydrogen-bond donors (Lipinski definition) is 1. The van der Waals surface area contributed by atoms with E-state index in [1.54, 1.807) is 0 Å². The molecule has 21 heavy (non-hydrogen) atoms. The van der Waals surface area contributed by atoms with E-state index in [2.05, 4.69) is 37.9 Å². The predicted octanol–water partition coefficient (Wildman–Crippen LogP) is 2.94. The van der Waals surface area contributed by atoms with E-state index in [9.17, 15) is 14.5 Å². The normalized spacial score (nSPS) is 11.6. The van der Waals surface area contributed by atoms with Gasteiger partial charge >= 0.3 is 0 Å². The third kappa shape index (κ3) is 5.77. The average molecular weight is 297 g/mol. The van der Waals surface area contributed by atoms with E-state index in [-0.39, 0.29) is 5.69 Å². The first-order valence-electron chi connectivity index (χ1n) is 7.21. The zero-order valence-corrected chi connectivity index (χ0v) is 13.1. The number of halogens is 1. The van der Waals surface area contributed by atoms with Gasteiger partial charge < -0.3 is 5.32 Å². The summed E-state index contributed by atoms with van der Waals surface area (Å²) in [6, 6.07) is 4.58. The summed E-state index contributed by atoms with van der Waals surface area (Å²) < 4.78 is 13.3. The van der Waals surface area contributed by atoms with Gasteiger partial charge in [0.1, 0.15) is 5.82 Å². The fourth-order valence-corrected chi connectivity index (χ4v) is 2.39. The van der Waals surface area contributed by atoms with E-state index in [0.29, 0.717) is 24.2 Å². The molecule has 0 atom stereocenters. The highest BCUT2D eigenvalue weighted by Gasteiger charge is 2.13. The van der Waals surface area contributed by atoms with E-state index in [0.717, 1.165) is 19.2 Å². The summed E-state index contributed by atoms with van der Waals surface area (Å²) in [6.07, 6.45) is 0. The molecule has 1 rings (SSSR count). The highest BCUT2D eigenvalue weighted by atomic mass is 19.1. The molecule has 1 N–H and O–H groups in total. The van der Waals surface area contributed by atoms with Gasteiger partial charge in [-0.15, -0.1) is 0 Å². The lowest BCUT2D eigenvalue weighted by molar-refractivity contribution is -0.385. The molecular formula is C15H24FN3O2. The van der Waals surface area contributed by atoms with Gasteiger partial charge in [-0.25, -0.2) is 4.39 Å². The monoisotopic (exact) mass is 297 g/mol. The fraction of sp³-hybridized carbons (Fsp3) is 0.600. The highest BCUT2D eigenvalue weighted by Crippen LogP contribution is 2.16. The molecule has 0 unspecified atom stereocenters. The predicted molar refractivity (Wildman–Crippen MR) is 81.7 cm³/mol. The Labute approximate surface area is 125 Å². The average Bonchev–Trinajstić information content (AvgIpc) is 2.36. The van der Waals surface area contributed by atoms with Gasteiger partial charge in [0.05, 0.1) is 11.0 Å². The molecule has 0 aliphatic heterocycles. The first-order valence-corrected chi connectivity index (χ1v) is 7.21. The molecule has 0 spiro atoms. The Balaban J connectivity index is 2.51. The van der Waals surface area contributed by atoms with Crippen molar-refractivity contribution in [1.29, 1.82) is 0 Å². The van der Waals surface area contributed by atoms with Gasteiger partial charge in [-0.1, -0.05) is 0 Å². The summed E-state index contributed by atoms with van der Waals surface area (Å²) in [4.78, 5) is 12.5. The molecule has 1 aromatic rings. The summed E-state index contributed by atoms with van der Waals surface area (Å²) in [5, 5.41) is 13.9. The Morgan fingerprint density at radius 3 is 2.38 bits per heavy atom. The second kappa shape index (κ2) is 8.05. The quantitative estimate of drug-likeness (QED) is 0.455. The zero-order chi connectivity index (χ0) is 16.0. The maximum atomic E-state index is 13.3. The van der Waals surface area contributed by atoms with Crippen molar-refractivity contribution in [3.63, 3.8) is 0 Å². The number of rotatable bonds is 8. The van der Waals surface area contributed by atoms with Crippen molar-refractivity contribution in [2.75, 3.05) is 13.1 Å². The van der Waals surface area contributed by atoms with Gasteiger partial charge in [-0.3, -0.25) is 15.0 Å². The van der Waals surface area contributed by atoms with Crippen LogP contribution in [0.5, 0.6) is 0 Å². The Morgan fingerprint density at radius 1 is 1.24 bits per heavy atom. The molecule has 6 heteroatoms. The molecule has 5 nitrogen and oxygen atoms in total. The first-order chi connectivity index (χ1) is 9.81. The zero-order valence-electron chi connectivity index (χ0n) is 13.1. The van der Waals surface area contributed by atoms with Crippen molar-refractivity contribution in [2.24, 2.45) is 0 Å². The van der Waals surface area contributed by atoms with Gasteiger partial charge in [-0.2, -0.15) is 0 Å². The van der Waals surface area contributed by atoms with E-state index >= 15 is 0 Å². The van der Waals surface area contributed by atoms with Crippen molar-refractivity contribution in [2.45, 2.75) is 46.3 Å². The van der Waals surface area contributed by atoms with Crippen LogP contribution in [0.15, 0.2) is 18.2 Å². The molecule has 0 heterocycles. The van der Waals surface area contributed by atoms with Crippen LogP contribution in [0, 0.1) is 15.9 Å². The maximum Gasteiger partial charge on any atom is 0.272 e. The molecule has 0 fully saturated rings. The lowest BCUT2D eigenvalue weighted by Crippen LogP contribution is -2.41. The van der Waals surface area contributed by atoms with Crippen molar-refractivity contribution < 1.29 is 9.31 Å². The van der Waals surface area contributed by atoms with Gasteiger partial charge in [-0.05, 0) is 39.3 Å². The number of benzene rings is 1. The largest absolute Gasteiger partial charge is 0.311 e. The van der Waals surface area contributed by atoms with Crippen LogP contribution in [0.3, 0.4) is 0 Å². The number of non-ortho nitro benzene ring substituents is 1. The minimum Gasteiger partial charge on any atom is -0.311 e. The molecule has 0 saturated carbocycles. The Bertz CT molecular complexity index is 470. The third-order valence-corrected chi connectivity index (χ3v) is 3.36. The van der Waals surface area contributed by atoms with Gasteiger partial charge in [0, 0.05) is 37.8 Å². The number of nitro groups is 1. The SMILES string of the molecule is CC(C)N(CCNCc1cc(F)cc([N+](=O)[O-])c1)C(C)C. The van der Waals surface area contributed by atoms with Gasteiger partial charge in [0.2, 0.25) is 0 Å². The number of hydrogen-bond acceptors (Lipinski definition) is 4. The standard InChI is InChI=1S/C15H24FN3O2/c1-11(2)18(12(3)4)6-5-17-10-13-7-14(16)9-15(8-13)19(20)21/h7-9,11-12,17H,5-6,10H2,1-4H3. The maximum absolute atomic E-state index is 13.3. The highest BCUT2D eigenvalue weighted by molar-refractivity contribution is 5.35. The van der Waals surface area contributed by atoms with Crippen LogP contribution in [0.25, 0.3) is 0 Å². The number of nitrogens with one attached hydrogen (secondary N) is 1. The molecule has 0 bridgehead atoms. The van der Waals surface area contributed by atoms with Crippen LogP contribution in [0.4, 0.5) is 10.1 Å². The van der Waals surface area contributed by atoms with Crippen LogP contribution >= 0.6 is 0 Å². The van der Waals surface area contributed by atoms with Crippen molar-refractivity contribution in [1.82, 2.24) is 10.2 Å².